The number of benzene rings is 2. The molecule has 28 heavy (non-hydrogen) atoms. The SMILES string of the molecule is CCOC(=O)C(C)(C)[C@H](C[C@H](C#N)Nc1ccc(OC)cc1)c1ccccc1. The van der Waals surface area contributed by atoms with E-state index in [0.29, 0.717) is 13.0 Å². The lowest BCUT2D eigenvalue weighted by atomic mass is 9.72. The standard InChI is InChI=1S/C23H28N2O3/c1-5-28-22(26)23(2,3)21(17-9-7-6-8-10-17)15-19(16-24)25-18-11-13-20(27-4)14-12-18/h6-14,19,21,25H,5,15H2,1-4H3/t19-,21-/m1/s1. The van der Waals surface area contributed by atoms with Crippen molar-refractivity contribution in [2.75, 3.05) is 19.0 Å². The maximum Gasteiger partial charge on any atom is 0.312 e. The molecule has 0 fully saturated rings. The summed E-state index contributed by atoms with van der Waals surface area (Å²) < 4.78 is 10.5. The predicted molar refractivity (Wildman–Crippen MR) is 110 cm³/mol. The van der Waals surface area contributed by atoms with Crippen molar-refractivity contribution in [2.45, 2.75) is 39.2 Å². The number of anilines is 1. The number of carbonyl (C=O) groups is 1. The van der Waals surface area contributed by atoms with Crippen molar-refractivity contribution in [3.05, 3.63) is 60.2 Å². The van der Waals surface area contributed by atoms with Gasteiger partial charge in [0, 0.05) is 11.6 Å². The molecule has 2 aromatic rings. The number of rotatable bonds is 9. The number of hydrogen-bond acceptors (Lipinski definition) is 5. The first-order valence-corrected chi connectivity index (χ1v) is 9.44. The van der Waals surface area contributed by atoms with Crippen molar-refractivity contribution >= 4 is 11.7 Å². The van der Waals surface area contributed by atoms with Gasteiger partial charge in [0.25, 0.3) is 0 Å². The van der Waals surface area contributed by atoms with Crippen LogP contribution in [-0.2, 0) is 9.53 Å². The zero-order valence-corrected chi connectivity index (χ0v) is 16.9. The molecule has 0 spiro atoms. The maximum absolute atomic E-state index is 12.6. The van der Waals surface area contributed by atoms with Crippen LogP contribution in [0.1, 0.15) is 38.7 Å². The van der Waals surface area contributed by atoms with E-state index in [1.165, 1.54) is 0 Å². The molecule has 2 aromatic carbocycles. The molecular weight excluding hydrogens is 352 g/mol. The molecule has 5 heteroatoms. The van der Waals surface area contributed by atoms with Crippen LogP contribution in [0.4, 0.5) is 5.69 Å². The van der Waals surface area contributed by atoms with E-state index in [9.17, 15) is 10.1 Å². The molecule has 0 bridgehead atoms. The third-order valence-corrected chi connectivity index (χ3v) is 4.93. The molecule has 0 aromatic heterocycles. The van der Waals surface area contributed by atoms with Gasteiger partial charge in [0.15, 0.2) is 0 Å². The minimum Gasteiger partial charge on any atom is -0.497 e. The highest BCUT2D eigenvalue weighted by Crippen LogP contribution is 2.40. The van der Waals surface area contributed by atoms with Gasteiger partial charge in [-0.25, -0.2) is 0 Å². The first-order chi connectivity index (χ1) is 13.4. The fourth-order valence-corrected chi connectivity index (χ4v) is 3.26. The highest BCUT2D eigenvalue weighted by molar-refractivity contribution is 5.77. The Bertz CT molecular complexity index is 795. The molecule has 0 aliphatic heterocycles. The Labute approximate surface area is 167 Å². The minimum absolute atomic E-state index is 0.178. The quantitative estimate of drug-likeness (QED) is 0.635. The fraction of sp³-hybridized carbons (Fsp3) is 0.391. The minimum atomic E-state index is -0.770. The first kappa shape index (κ1) is 21.3. The Kier molecular flexibility index (Phi) is 7.45. The van der Waals surface area contributed by atoms with Crippen molar-refractivity contribution in [3.63, 3.8) is 0 Å². The van der Waals surface area contributed by atoms with Gasteiger partial charge in [0.2, 0.25) is 0 Å². The van der Waals surface area contributed by atoms with Crippen LogP contribution in [-0.4, -0.2) is 25.7 Å². The van der Waals surface area contributed by atoms with E-state index in [4.69, 9.17) is 9.47 Å². The van der Waals surface area contributed by atoms with E-state index in [2.05, 4.69) is 11.4 Å². The van der Waals surface area contributed by atoms with Crippen molar-refractivity contribution in [1.82, 2.24) is 0 Å². The summed E-state index contributed by atoms with van der Waals surface area (Å²) in [5.41, 5.74) is 1.07. The van der Waals surface area contributed by atoms with E-state index in [-0.39, 0.29) is 11.9 Å². The van der Waals surface area contributed by atoms with Crippen LogP contribution in [0, 0.1) is 16.7 Å². The highest BCUT2D eigenvalue weighted by atomic mass is 16.5. The van der Waals surface area contributed by atoms with Crippen LogP contribution < -0.4 is 10.1 Å². The van der Waals surface area contributed by atoms with Gasteiger partial charge in [-0.2, -0.15) is 5.26 Å². The molecule has 1 N–H and O–H groups in total. The molecule has 0 amide bonds. The number of nitrogens with zero attached hydrogens (tertiary/aromatic N) is 1. The molecule has 0 saturated heterocycles. The Hall–Kier alpha value is -3.00. The summed E-state index contributed by atoms with van der Waals surface area (Å²) in [7, 11) is 1.61. The molecule has 0 aliphatic carbocycles. The van der Waals surface area contributed by atoms with Crippen LogP contribution in [0.15, 0.2) is 54.6 Å². The smallest absolute Gasteiger partial charge is 0.312 e. The summed E-state index contributed by atoms with van der Waals surface area (Å²) >= 11 is 0. The number of nitrogens with one attached hydrogen (secondary N) is 1. The second-order valence-electron chi connectivity index (χ2n) is 7.20. The second-order valence-corrected chi connectivity index (χ2v) is 7.20. The molecule has 2 atom stereocenters. The maximum atomic E-state index is 12.6. The normalized spacial score (nSPS) is 13.1. The Balaban J connectivity index is 2.26. The van der Waals surface area contributed by atoms with Crippen molar-refractivity contribution < 1.29 is 14.3 Å². The third kappa shape index (κ3) is 5.26. The summed E-state index contributed by atoms with van der Waals surface area (Å²) in [5, 5.41) is 13.0. The van der Waals surface area contributed by atoms with Crippen LogP contribution in [0.2, 0.25) is 0 Å². The van der Waals surface area contributed by atoms with Crippen molar-refractivity contribution in [1.29, 1.82) is 5.26 Å². The lowest BCUT2D eigenvalue weighted by Crippen LogP contribution is -2.36. The van der Waals surface area contributed by atoms with Gasteiger partial charge in [-0.15, -0.1) is 0 Å². The molecule has 148 valence electrons. The van der Waals surface area contributed by atoms with Gasteiger partial charge in [0.1, 0.15) is 11.8 Å². The van der Waals surface area contributed by atoms with Crippen LogP contribution in [0.25, 0.3) is 0 Å². The zero-order valence-electron chi connectivity index (χ0n) is 16.9. The van der Waals surface area contributed by atoms with E-state index < -0.39 is 11.5 Å². The van der Waals surface area contributed by atoms with E-state index in [1.807, 2.05) is 68.4 Å². The van der Waals surface area contributed by atoms with Gasteiger partial charge < -0.3 is 14.8 Å². The number of methoxy groups -OCH3 is 1. The predicted octanol–water partition coefficient (Wildman–Crippen LogP) is 4.76. The second kappa shape index (κ2) is 9.80. The topological polar surface area (TPSA) is 71.4 Å². The van der Waals surface area contributed by atoms with Gasteiger partial charge in [0.05, 0.1) is 25.2 Å². The number of ether oxygens (including phenoxy) is 2. The zero-order chi connectivity index (χ0) is 20.6. The van der Waals surface area contributed by atoms with Crippen molar-refractivity contribution in [2.24, 2.45) is 5.41 Å². The lowest BCUT2D eigenvalue weighted by molar-refractivity contribution is -0.154. The fourth-order valence-electron chi connectivity index (χ4n) is 3.26. The molecule has 0 aliphatic rings. The number of nitriles is 1. The van der Waals surface area contributed by atoms with E-state index in [0.717, 1.165) is 17.0 Å². The Morgan fingerprint density at radius 3 is 2.32 bits per heavy atom. The molecule has 0 unspecified atom stereocenters. The van der Waals surface area contributed by atoms with Crippen LogP contribution in [0.3, 0.4) is 0 Å². The van der Waals surface area contributed by atoms with Gasteiger partial charge in [-0.3, -0.25) is 4.79 Å². The summed E-state index contributed by atoms with van der Waals surface area (Å²) in [6.45, 7) is 5.89. The lowest BCUT2D eigenvalue weighted by Gasteiger charge is -2.34. The third-order valence-electron chi connectivity index (χ3n) is 4.93. The van der Waals surface area contributed by atoms with Gasteiger partial charge in [-0.1, -0.05) is 30.3 Å². The van der Waals surface area contributed by atoms with Gasteiger partial charge >= 0.3 is 5.97 Å². The molecule has 5 nitrogen and oxygen atoms in total. The monoisotopic (exact) mass is 380 g/mol. The summed E-state index contributed by atoms with van der Waals surface area (Å²) in [5.74, 6) is 0.317. The summed E-state index contributed by atoms with van der Waals surface area (Å²) in [6, 6.07) is 19.1. The first-order valence-electron chi connectivity index (χ1n) is 9.44. The van der Waals surface area contributed by atoms with Gasteiger partial charge in [-0.05, 0) is 57.0 Å². The van der Waals surface area contributed by atoms with Crippen molar-refractivity contribution in [3.8, 4) is 11.8 Å². The Morgan fingerprint density at radius 2 is 1.79 bits per heavy atom. The molecule has 2 rings (SSSR count). The average Bonchev–Trinajstić information content (AvgIpc) is 2.72. The number of carbonyl (C=O) groups excluding carboxylic acids is 1. The van der Waals surface area contributed by atoms with E-state index >= 15 is 0 Å². The average molecular weight is 380 g/mol. The largest absolute Gasteiger partial charge is 0.497 e. The number of hydrogen-bond donors (Lipinski definition) is 1. The molecule has 0 radical (unpaired) electrons. The molecular formula is C23H28N2O3. The number of esters is 1. The Morgan fingerprint density at radius 1 is 1.14 bits per heavy atom. The van der Waals surface area contributed by atoms with E-state index in [1.54, 1.807) is 14.0 Å². The van der Waals surface area contributed by atoms with Crippen LogP contribution >= 0.6 is 0 Å². The molecule has 0 heterocycles. The molecule has 0 saturated carbocycles. The van der Waals surface area contributed by atoms with Crippen LogP contribution in [0.5, 0.6) is 5.75 Å². The summed E-state index contributed by atoms with van der Waals surface area (Å²) in [4.78, 5) is 12.6. The summed E-state index contributed by atoms with van der Waals surface area (Å²) in [6.07, 6.45) is 0.471. The highest BCUT2D eigenvalue weighted by Gasteiger charge is 2.40.